The molecular weight excluding hydrogens is 252 g/mol. The molecule has 1 aliphatic rings. The number of piperidine rings is 1. The number of para-hydroxylation sites is 2. The summed E-state index contributed by atoms with van der Waals surface area (Å²) < 4.78 is 5.23. The van der Waals surface area contributed by atoms with Gasteiger partial charge in [-0.25, -0.2) is 0 Å². The Morgan fingerprint density at radius 2 is 2.25 bits per heavy atom. The van der Waals surface area contributed by atoms with Gasteiger partial charge in [0.25, 0.3) is 0 Å². The number of hydrogen-bond donors (Lipinski definition) is 1. The highest BCUT2D eigenvalue weighted by Gasteiger charge is 2.17. The molecule has 1 aromatic carbocycles. The zero-order chi connectivity index (χ0) is 14.4. The average molecular weight is 276 g/mol. The second-order valence-corrected chi connectivity index (χ2v) is 5.55. The quantitative estimate of drug-likeness (QED) is 0.899. The molecule has 0 aromatic heterocycles. The Morgan fingerprint density at radius 1 is 1.45 bits per heavy atom. The van der Waals surface area contributed by atoms with Crippen LogP contribution >= 0.6 is 0 Å². The summed E-state index contributed by atoms with van der Waals surface area (Å²) in [6.07, 6.45) is 3.09. The van der Waals surface area contributed by atoms with Crippen molar-refractivity contribution in [2.24, 2.45) is 5.92 Å². The maximum Gasteiger partial charge on any atom is 0.225 e. The summed E-state index contributed by atoms with van der Waals surface area (Å²) >= 11 is 0. The highest BCUT2D eigenvalue weighted by Crippen LogP contribution is 2.23. The van der Waals surface area contributed by atoms with Crippen LogP contribution in [0.2, 0.25) is 0 Å². The molecule has 1 aromatic rings. The predicted molar refractivity (Wildman–Crippen MR) is 81.1 cm³/mol. The third-order valence-corrected chi connectivity index (χ3v) is 3.78. The summed E-state index contributed by atoms with van der Waals surface area (Å²) in [5.41, 5.74) is 0.743. The lowest BCUT2D eigenvalue weighted by molar-refractivity contribution is -0.116. The van der Waals surface area contributed by atoms with Gasteiger partial charge in [-0.3, -0.25) is 4.79 Å². The molecule has 1 heterocycles. The van der Waals surface area contributed by atoms with E-state index in [9.17, 15) is 4.79 Å². The lowest BCUT2D eigenvalue weighted by Crippen LogP contribution is -2.36. The Morgan fingerprint density at radius 3 is 3.00 bits per heavy atom. The molecule has 1 N–H and O–H groups in total. The van der Waals surface area contributed by atoms with Crippen molar-refractivity contribution in [1.82, 2.24) is 4.90 Å². The Hall–Kier alpha value is -1.55. The van der Waals surface area contributed by atoms with Crippen LogP contribution in [-0.2, 0) is 4.79 Å². The van der Waals surface area contributed by atoms with Crippen molar-refractivity contribution in [2.45, 2.75) is 26.2 Å². The molecule has 0 spiro atoms. The topological polar surface area (TPSA) is 41.6 Å². The Labute approximate surface area is 121 Å². The van der Waals surface area contributed by atoms with Crippen molar-refractivity contribution in [3.8, 4) is 5.75 Å². The van der Waals surface area contributed by atoms with Crippen molar-refractivity contribution in [1.29, 1.82) is 0 Å². The zero-order valence-electron chi connectivity index (χ0n) is 12.4. The van der Waals surface area contributed by atoms with Crippen LogP contribution in [0.15, 0.2) is 24.3 Å². The zero-order valence-corrected chi connectivity index (χ0v) is 12.4. The van der Waals surface area contributed by atoms with Gasteiger partial charge in [-0.2, -0.15) is 0 Å². The molecule has 4 heteroatoms. The number of likely N-dealkylation sites (tertiary alicyclic amines) is 1. The van der Waals surface area contributed by atoms with E-state index >= 15 is 0 Å². The molecule has 1 saturated heterocycles. The fourth-order valence-corrected chi connectivity index (χ4v) is 2.71. The van der Waals surface area contributed by atoms with Crippen LogP contribution in [0.5, 0.6) is 5.75 Å². The molecule has 0 aliphatic carbocycles. The Balaban J connectivity index is 1.80. The van der Waals surface area contributed by atoms with Crippen LogP contribution in [0.25, 0.3) is 0 Å². The number of carbonyl (C=O) groups is 1. The maximum absolute atomic E-state index is 12.0. The van der Waals surface area contributed by atoms with E-state index in [0.29, 0.717) is 12.2 Å². The minimum atomic E-state index is 0.0488. The highest BCUT2D eigenvalue weighted by molar-refractivity contribution is 5.92. The van der Waals surface area contributed by atoms with Gasteiger partial charge in [0, 0.05) is 19.5 Å². The normalized spacial score (nSPS) is 19.6. The Bertz CT molecular complexity index is 448. The lowest BCUT2D eigenvalue weighted by atomic mass is 10.0. The van der Waals surface area contributed by atoms with E-state index in [2.05, 4.69) is 17.1 Å². The summed E-state index contributed by atoms with van der Waals surface area (Å²) in [5, 5.41) is 2.92. The highest BCUT2D eigenvalue weighted by atomic mass is 16.5. The van der Waals surface area contributed by atoms with Crippen molar-refractivity contribution in [2.75, 3.05) is 32.1 Å². The number of amides is 1. The number of ether oxygens (including phenoxy) is 1. The van der Waals surface area contributed by atoms with E-state index in [1.54, 1.807) is 7.11 Å². The van der Waals surface area contributed by atoms with Gasteiger partial charge < -0.3 is 15.0 Å². The van der Waals surface area contributed by atoms with Crippen LogP contribution in [0, 0.1) is 5.92 Å². The largest absolute Gasteiger partial charge is 0.495 e. The minimum absolute atomic E-state index is 0.0488. The second-order valence-electron chi connectivity index (χ2n) is 5.55. The number of nitrogens with zero attached hydrogens (tertiary/aromatic N) is 1. The van der Waals surface area contributed by atoms with Crippen molar-refractivity contribution in [3.05, 3.63) is 24.3 Å². The number of methoxy groups -OCH3 is 1. The predicted octanol–water partition coefficient (Wildman–Crippen LogP) is 2.76. The number of rotatable bonds is 5. The molecule has 1 aliphatic heterocycles. The van der Waals surface area contributed by atoms with Crippen molar-refractivity contribution < 1.29 is 9.53 Å². The van der Waals surface area contributed by atoms with Gasteiger partial charge >= 0.3 is 0 Å². The molecule has 4 nitrogen and oxygen atoms in total. The van der Waals surface area contributed by atoms with E-state index in [0.717, 1.165) is 31.2 Å². The van der Waals surface area contributed by atoms with Crippen LogP contribution in [0.4, 0.5) is 5.69 Å². The molecule has 1 fully saturated rings. The molecule has 1 amide bonds. The number of hydrogen-bond acceptors (Lipinski definition) is 3. The molecule has 0 unspecified atom stereocenters. The van der Waals surface area contributed by atoms with Gasteiger partial charge in [0.1, 0.15) is 5.75 Å². The molecule has 0 saturated carbocycles. The van der Waals surface area contributed by atoms with Crippen molar-refractivity contribution >= 4 is 11.6 Å². The number of benzene rings is 1. The smallest absolute Gasteiger partial charge is 0.225 e. The van der Waals surface area contributed by atoms with E-state index < -0.39 is 0 Å². The van der Waals surface area contributed by atoms with E-state index in [1.165, 1.54) is 12.8 Å². The molecule has 1 atom stereocenters. The minimum Gasteiger partial charge on any atom is -0.495 e. The summed E-state index contributed by atoms with van der Waals surface area (Å²) in [4.78, 5) is 14.4. The van der Waals surface area contributed by atoms with Gasteiger partial charge in [-0.1, -0.05) is 19.1 Å². The van der Waals surface area contributed by atoms with Crippen LogP contribution in [0.1, 0.15) is 26.2 Å². The van der Waals surface area contributed by atoms with E-state index in [1.807, 2.05) is 24.3 Å². The summed E-state index contributed by atoms with van der Waals surface area (Å²) in [7, 11) is 1.61. The third kappa shape index (κ3) is 4.23. The first kappa shape index (κ1) is 14.9. The molecule has 0 bridgehead atoms. The summed E-state index contributed by atoms with van der Waals surface area (Å²) in [5.74, 6) is 1.50. The number of nitrogens with one attached hydrogen (secondary N) is 1. The fraction of sp³-hybridized carbons (Fsp3) is 0.562. The van der Waals surface area contributed by atoms with Gasteiger partial charge in [0.2, 0.25) is 5.91 Å². The third-order valence-electron chi connectivity index (χ3n) is 3.78. The van der Waals surface area contributed by atoms with Gasteiger partial charge in [-0.15, -0.1) is 0 Å². The van der Waals surface area contributed by atoms with E-state index in [-0.39, 0.29) is 5.91 Å². The SMILES string of the molecule is COc1ccccc1NC(=O)CCN1CCC[C@@H](C)C1. The van der Waals surface area contributed by atoms with Crippen LogP contribution < -0.4 is 10.1 Å². The summed E-state index contributed by atoms with van der Waals surface area (Å²) in [6.45, 7) is 5.35. The first-order valence-corrected chi connectivity index (χ1v) is 7.34. The van der Waals surface area contributed by atoms with Gasteiger partial charge in [-0.05, 0) is 37.4 Å². The number of anilines is 1. The van der Waals surface area contributed by atoms with Crippen LogP contribution in [0.3, 0.4) is 0 Å². The molecule has 2 rings (SSSR count). The summed E-state index contributed by atoms with van der Waals surface area (Å²) in [6, 6.07) is 7.50. The molecule has 20 heavy (non-hydrogen) atoms. The van der Waals surface area contributed by atoms with Crippen LogP contribution in [-0.4, -0.2) is 37.6 Å². The lowest BCUT2D eigenvalue weighted by Gasteiger charge is -2.30. The second kappa shape index (κ2) is 7.29. The maximum atomic E-state index is 12.0. The van der Waals surface area contributed by atoms with E-state index in [4.69, 9.17) is 4.74 Å². The number of carbonyl (C=O) groups excluding carboxylic acids is 1. The first-order valence-electron chi connectivity index (χ1n) is 7.34. The van der Waals surface area contributed by atoms with Gasteiger partial charge in [0.05, 0.1) is 12.8 Å². The molecule has 110 valence electrons. The monoisotopic (exact) mass is 276 g/mol. The van der Waals surface area contributed by atoms with Crippen molar-refractivity contribution in [3.63, 3.8) is 0 Å². The molecule has 0 radical (unpaired) electrons. The average Bonchev–Trinajstić information content (AvgIpc) is 2.46. The first-order chi connectivity index (χ1) is 9.69. The standard InChI is InChI=1S/C16H24N2O2/c1-13-6-5-10-18(12-13)11-9-16(19)17-14-7-3-4-8-15(14)20-2/h3-4,7-8,13H,5-6,9-12H2,1-2H3,(H,17,19)/t13-/m1/s1. The molecular formula is C16H24N2O2. The van der Waals surface area contributed by atoms with Gasteiger partial charge in [0.15, 0.2) is 0 Å². The Kier molecular flexibility index (Phi) is 5.41. The fourth-order valence-electron chi connectivity index (χ4n) is 2.71.